The molecule has 2 aromatic rings. The van der Waals surface area contributed by atoms with Gasteiger partial charge in [-0.25, -0.2) is 9.79 Å². The largest absolute Gasteiger partial charge is 0.480 e. The van der Waals surface area contributed by atoms with Crippen molar-refractivity contribution < 1.29 is 33.8 Å². The Morgan fingerprint density at radius 2 is 1.59 bits per heavy atom. The number of ether oxygens (including phenoxy) is 2. The number of benzene rings is 2. The molecule has 0 radical (unpaired) electrons. The first-order chi connectivity index (χ1) is 18.4. The third-order valence-corrected chi connectivity index (χ3v) is 4.99. The number of aliphatic imine (C=N–C) groups is 1. The number of unbranched alkanes of at least 4 members (excludes halogenated alkanes) is 1. The molecule has 1 unspecified atom stereocenters. The Kier molecular flexibility index (Phi) is 14.3. The van der Waals surface area contributed by atoms with Crippen molar-refractivity contribution in [3.8, 4) is 5.75 Å². The van der Waals surface area contributed by atoms with Gasteiger partial charge in [-0.2, -0.15) is 0 Å². The maximum atomic E-state index is 12.2. The van der Waals surface area contributed by atoms with Gasteiger partial charge in [-0.1, -0.05) is 18.6 Å². The second-order valence-electron chi connectivity index (χ2n) is 8.47. The zero-order valence-corrected chi connectivity index (χ0v) is 22.0. The van der Waals surface area contributed by atoms with Gasteiger partial charge < -0.3 is 42.4 Å². The van der Waals surface area contributed by atoms with Gasteiger partial charge in [0.05, 0.1) is 17.7 Å². The zero-order valence-electron chi connectivity index (χ0n) is 22.0. The first-order valence-electron chi connectivity index (χ1n) is 12.0. The molecule has 0 fully saturated rings. The highest BCUT2D eigenvalue weighted by atomic mass is 16.5. The highest BCUT2D eigenvalue weighted by molar-refractivity contribution is 5.91. The molecule has 2 aromatic carbocycles. The van der Waals surface area contributed by atoms with Crippen molar-refractivity contribution in [2.75, 3.05) is 27.2 Å². The van der Waals surface area contributed by atoms with Crippen LogP contribution in [0.1, 0.15) is 35.2 Å². The first-order valence-corrected chi connectivity index (χ1v) is 12.0. The van der Waals surface area contributed by atoms with Crippen molar-refractivity contribution in [2.24, 2.45) is 27.9 Å². The van der Waals surface area contributed by atoms with Gasteiger partial charge in [-0.3, -0.25) is 14.4 Å². The molecule has 9 N–H and O–H groups in total. The van der Waals surface area contributed by atoms with E-state index in [0.717, 1.165) is 12.8 Å². The number of aliphatic carboxylic acids is 1. The summed E-state index contributed by atoms with van der Waals surface area (Å²) in [4.78, 5) is 50.7. The molecule has 0 spiro atoms. The maximum Gasteiger partial charge on any atom is 0.343 e. The van der Waals surface area contributed by atoms with Crippen LogP contribution in [0.5, 0.6) is 5.75 Å². The molecular weight excluding hydrogens is 508 g/mol. The van der Waals surface area contributed by atoms with Crippen molar-refractivity contribution in [1.82, 2.24) is 4.90 Å². The molecule has 2 rings (SSSR count). The third-order valence-electron chi connectivity index (χ3n) is 4.99. The van der Waals surface area contributed by atoms with Crippen molar-refractivity contribution in [2.45, 2.75) is 31.7 Å². The summed E-state index contributed by atoms with van der Waals surface area (Å²) in [7, 11) is 3.16. The van der Waals surface area contributed by atoms with Crippen LogP contribution >= 0.6 is 0 Å². The van der Waals surface area contributed by atoms with Gasteiger partial charge in [0.25, 0.3) is 5.91 Å². The summed E-state index contributed by atoms with van der Waals surface area (Å²) in [6.45, 7) is 0.301. The molecule has 13 nitrogen and oxygen atoms in total. The first kappa shape index (κ1) is 32.5. The van der Waals surface area contributed by atoms with Crippen LogP contribution in [0, 0.1) is 0 Å². The number of hydrogen-bond donors (Lipinski definition) is 5. The highest BCUT2D eigenvalue weighted by Crippen LogP contribution is 2.17. The molecule has 13 heteroatoms. The lowest BCUT2D eigenvalue weighted by Crippen LogP contribution is -2.29. The standard InChI is InChI=1S/C20H22N4O5.C6H14N2O2/c1-24(2)17(25)12-28-18(26)11-13-3-9-16(10-4-13)29-19(27)14-5-7-15(8-6-14)23-20(21)22;7-4-2-1-3-5(8)6(9)10/h3-10H,11-12H2,1-2H3,(H4,21,22,23);5H,1-4,7-8H2,(H,9,10). The molecule has 0 saturated heterocycles. The quantitative estimate of drug-likeness (QED) is 0.0813. The normalized spacial score (nSPS) is 10.8. The van der Waals surface area contributed by atoms with Gasteiger partial charge in [0.1, 0.15) is 11.8 Å². The molecular formula is C26H36N6O7. The Balaban J connectivity index is 0.000000646. The summed E-state index contributed by atoms with van der Waals surface area (Å²) in [6.07, 6.45) is 2.17. The van der Waals surface area contributed by atoms with Crippen LogP contribution in [0.3, 0.4) is 0 Å². The molecule has 0 aliphatic heterocycles. The zero-order chi connectivity index (χ0) is 29.4. The molecule has 0 heterocycles. The van der Waals surface area contributed by atoms with Crippen molar-refractivity contribution in [1.29, 1.82) is 0 Å². The summed E-state index contributed by atoms with van der Waals surface area (Å²) in [5, 5.41) is 8.33. The third kappa shape index (κ3) is 13.6. The van der Waals surface area contributed by atoms with Crippen LogP contribution in [-0.4, -0.2) is 73.1 Å². The Bertz CT molecular complexity index is 1110. The number of carboxylic acids is 1. The monoisotopic (exact) mass is 544 g/mol. The molecule has 0 bridgehead atoms. The fourth-order valence-corrected chi connectivity index (χ4v) is 2.78. The molecule has 0 saturated carbocycles. The topological polar surface area (TPSA) is 227 Å². The Hall–Kier alpha value is -4.49. The number of carbonyl (C=O) groups excluding carboxylic acids is 3. The molecule has 212 valence electrons. The number of carboxylic acid groups (broad SMARTS) is 1. The molecule has 1 amide bonds. The van der Waals surface area contributed by atoms with Crippen molar-refractivity contribution >= 4 is 35.5 Å². The highest BCUT2D eigenvalue weighted by Gasteiger charge is 2.12. The van der Waals surface area contributed by atoms with E-state index >= 15 is 0 Å². The molecule has 0 aliphatic rings. The summed E-state index contributed by atoms with van der Waals surface area (Å²) >= 11 is 0. The van der Waals surface area contributed by atoms with Crippen LogP contribution in [0.2, 0.25) is 0 Å². The number of guanidine groups is 1. The minimum absolute atomic E-state index is 0.00118. The van der Waals surface area contributed by atoms with Gasteiger partial charge in [0, 0.05) is 14.1 Å². The molecule has 1 atom stereocenters. The van der Waals surface area contributed by atoms with Crippen molar-refractivity contribution in [3.05, 3.63) is 59.7 Å². The van der Waals surface area contributed by atoms with E-state index in [4.69, 9.17) is 37.5 Å². The Morgan fingerprint density at radius 1 is 0.974 bits per heavy atom. The number of rotatable bonds is 12. The van der Waals surface area contributed by atoms with Gasteiger partial charge >= 0.3 is 17.9 Å². The van der Waals surface area contributed by atoms with Crippen LogP contribution < -0.4 is 27.7 Å². The van der Waals surface area contributed by atoms with E-state index in [1.807, 2.05) is 0 Å². The lowest BCUT2D eigenvalue weighted by Gasteiger charge is -2.10. The van der Waals surface area contributed by atoms with Gasteiger partial charge in [-0.05, 0) is 61.3 Å². The van der Waals surface area contributed by atoms with Crippen LogP contribution in [0.15, 0.2) is 53.5 Å². The Morgan fingerprint density at radius 3 is 2.10 bits per heavy atom. The second kappa shape index (κ2) is 17.1. The van der Waals surface area contributed by atoms with Crippen LogP contribution in [-0.2, 0) is 25.5 Å². The smallest absolute Gasteiger partial charge is 0.343 e. The summed E-state index contributed by atoms with van der Waals surface area (Å²) in [6, 6.07) is 12.0. The SMILES string of the molecule is CN(C)C(=O)COC(=O)Cc1ccc(OC(=O)c2ccc(N=C(N)N)cc2)cc1.NCCCCC(N)C(=O)O. The minimum Gasteiger partial charge on any atom is -0.480 e. The summed E-state index contributed by atoms with van der Waals surface area (Å²) in [5.74, 6) is -2.05. The van der Waals surface area contributed by atoms with Gasteiger partial charge in [-0.15, -0.1) is 0 Å². The van der Waals surface area contributed by atoms with E-state index in [1.54, 1.807) is 62.6 Å². The number of carbonyl (C=O) groups is 4. The lowest BCUT2D eigenvalue weighted by molar-refractivity contribution is -0.150. The molecule has 0 aliphatic carbocycles. The van der Waals surface area contributed by atoms with E-state index in [0.29, 0.717) is 35.5 Å². The van der Waals surface area contributed by atoms with Crippen LogP contribution in [0.4, 0.5) is 5.69 Å². The number of esters is 2. The predicted molar refractivity (Wildman–Crippen MR) is 145 cm³/mol. The van der Waals surface area contributed by atoms with E-state index in [2.05, 4.69) is 4.99 Å². The number of nitrogens with two attached hydrogens (primary N) is 4. The van der Waals surface area contributed by atoms with E-state index in [1.165, 1.54) is 4.90 Å². The number of nitrogens with zero attached hydrogens (tertiary/aromatic N) is 2. The average molecular weight is 545 g/mol. The number of hydrogen-bond acceptors (Lipinski definition) is 9. The lowest BCUT2D eigenvalue weighted by atomic mass is 10.1. The second-order valence-corrected chi connectivity index (χ2v) is 8.47. The van der Waals surface area contributed by atoms with Crippen molar-refractivity contribution in [3.63, 3.8) is 0 Å². The number of likely N-dealkylation sites (N-methyl/N-ethyl adjacent to an activating group) is 1. The fourth-order valence-electron chi connectivity index (χ4n) is 2.78. The van der Waals surface area contributed by atoms with E-state index in [-0.39, 0.29) is 24.9 Å². The summed E-state index contributed by atoms with van der Waals surface area (Å²) < 4.78 is 10.2. The van der Waals surface area contributed by atoms with Crippen LogP contribution in [0.25, 0.3) is 0 Å². The van der Waals surface area contributed by atoms with Gasteiger partial charge in [0.2, 0.25) is 0 Å². The average Bonchev–Trinajstić information content (AvgIpc) is 2.88. The summed E-state index contributed by atoms with van der Waals surface area (Å²) in [5.41, 5.74) is 22.5. The fraction of sp³-hybridized carbons (Fsp3) is 0.346. The predicted octanol–water partition coefficient (Wildman–Crippen LogP) is 0.512. The Labute approximate surface area is 226 Å². The van der Waals surface area contributed by atoms with E-state index < -0.39 is 23.9 Å². The molecule has 0 aromatic heterocycles. The number of amides is 1. The minimum atomic E-state index is -0.933. The maximum absolute atomic E-state index is 12.2. The van der Waals surface area contributed by atoms with E-state index in [9.17, 15) is 19.2 Å². The van der Waals surface area contributed by atoms with Gasteiger partial charge in [0.15, 0.2) is 12.6 Å². The molecule has 39 heavy (non-hydrogen) atoms.